The smallest absolute Gasteiger partial charge is 0.420 e. The van der Waals surface area contributed by atoms with Gasteiger partial charge in [0.05, 0.1) is 18.8 Å². The van der Waals surface area contributed by atoms with Gasteiger partial charge < -0.3 is 19.9 Å². The summed E-state index contributed by atoms with van der Waals surface area (Å²) in [5.41, 5.74) is 6.17. The van der Waals surface area contributed by atoms with Gasteiger partial charge in [-0.1, -0.05) is 48.5 Å². The second-order valence-electron chi connectivity index (χ2n) is 8.28. The van der Waals surface area contributed by atoms with Crippen LogP contribution in [0.5, 0.6) is 5.75 Å². The van der Waals surface area contributed by atoms with E-state index in [4.69, 9.17) is 19.9 Å². The first-order valence-corrected chi connectivity index (χ1v) is 9.95. The van der Waals surface area contributed by atoms with Crippen molar-refractivity contribution in [3.8, 4) is 5.75 Å². The van der Waals surface area contributed by atoms with Gasteiger partial charge in [0.2, 0.25) is 0 Å². The summed E-state index contributed by atoms with van der Waals surface area (Å²) in [7, 11) is 0. The van der Waals surface area contributed by atoms with Crippen LogP contribution >= 0.6 is 0 Å². The van der Waals surface area contributed by atoms with Gasteiger partial charge in [0.1, 0.15) is 17.9 Å². The molecular formula is C24H24F3NO3. The quantitative estimate of drug-likeness (QED) is 0.603. The molecule has 0 unspecified atom stereocenters. The van der Waals surface area contributed by atoms with E-state index in [1.54, 1.807) is 44.2 Å². The zero-order valence-electron chi connectivity index (χ0n) is 17.3. The lowest BCUT2D eigenvalue weighted by molar-refractivity contribution is -0.268. The van der Waals surface area contributed by atoms with Gasteiger partial charge in [0.25, 0.3) is 0 Å². The van der Waals surface area contributed by atoms with E-state index in [9.17, 15) is 13.2 Å². The third-order valence-corrected chi connectivity index (χ3v) is 5.43. The molecule has 0 saturated carbocycles. The Hall–Kier alpha value is -2.61. The molecule has 0 atom stereocenters. The van der Waals surface area contributed by atoms with Crippen molar-refractivity contribution in [3.63, 3.8) is 0 Å². The minimum Gasteiger partial charge on any atom is -0.488 e. The third kappa shape index (κ3) is 4.54. The first-order chi connectivity index (χ1) is 14.6. The van der Waals surface area contributed by atoms with Crippen molar-refractivity contribution in [3.05, 3.63) is 77.4 Å². The van der Waals surface area contributed by atoms with Crippen molar-refractivity contribution in [2.45, 2.75) is 38.0 Å². The van der Waals surface area contributed by atoms with E-state index in [-0.39, 0.29) is 31.0 Å². The van der Waals surface area contributed by atoms with E-state index < -0.39 is 23.1 Å². The maximum Gasteiger partial charge on any atom is 0.420 e. The van der Waals surface area contributed by atoms with E-state index in [2.05, 4.69) is 0 Å². The minimum atomic E-state index is -4.57. The Labute approximate surface area is 178 Å². The molecule has 0 bridgehead atoms. The van der Waals surface area contributed by atoms with Crippen LogP contribution in [-0.4, -0.2) is 19.0 Å². The monoisotopic (exact) mass is 431 g/mol. The van der Waals surface area contributed by atoms with Crippen molar-refractivity contribution in [1.29, 1.82) is 0 Å². The van der Waals surface area contributed by atoms with Gasteiger partial charge in [-0.3, -0.25) is 0 Å². The number of benzene rings is 3. The summed E-state index contributed by atoms with van der Waals surface area (Å²) in [6.07, 6.45) is -4.57. The largest absolute Gasteiger partial charge is 0.488 e. The molecule has 4 nitrogen and oxygen atoms in total. The molecule has 0 amide bonds. The maximum atomic E-state index is 14.0. The van der Waals surface area contributed by atoms with Crippen LogP contribution in [0.15, 0.2) is 60.7 Å². The second kappa shape index (κ2) is 7.82. The number of ether oxygens (including phenoxy) is 3. The van der Waals surface area contributed by atoms with Crippen LogP contribution in [0.2, 0.25) is 0 Å². The molecule has 2 N–H and O–H groups in total. The van der Waals surface area contributed by atoms with E-state index in [0.717, 1.165) is 5.56 Å². The topological polar surface area (TPSA) is 53.7 Å². The van der Waals surface area contributed by atoms with Gasteiger partial charge in [-0.25, -0.2) is 0 Å². The number of halogens is 3. The van der Waals surface area contributed by atoms with Gasteiger partial charge >= 0.3 is 6.18 Å². The van der Waals surface area contributed by atoms with Gasteiger partial charge in [-0.15, -0.1) is 0 Å². The summed E-state index contributed by atoms with van der Waals surface area (Å²) in [6, 6.07) is 16.8. The van der Waals surface area contributed by atoms with Gasteiger partial charge in [0, 0.05) is 0 Å². The Morgan fingerprint density at radius 1 is 0.968 bits per heavy atom. The molecule has 1 fully saturated rings. The van der Waals surface area contributed by atoms with Crippen molar-refractivity contribution in [2.24, 2.45) is 5.73 Å². The molecule has 3 aromatic carbocycles. The lowest BCUT2D eigenvalue weighted by Gasteiger charge is -2.41. The number of rotatable bonds is 4. The van der Waals surface area contributed by atoms with Crippen molar-refractivity contribution >= 4 is 10.8 Å². The number of hydrogen-bond donors (Lipinski definition) is 1. The van der Waals surface area contributed by atoms with Crippen molar-refractivity contribution < 1.29 is 27.4 Å². The van der Waals surface area contributed by atoms with Gasteiger partial charge in [-0.05, 0) is 47.9 Å². The number of fused-ring (bicyclic) bond motifs is 1. The molecule has 1 aliphatic rings. The SMILES string of the molecule is CC1(C)OCC(N)(c2ccc3c(C(F)(F)F)c(OCc4ccccc4)ccc3c2)CO1. The average Bonchev–Trinajstić information content (AvgIpc) is 2.73. The summed E-state index contributed by atoms with van der Waals surface area (Å²) in [6.45, 7) is 4.04. The Morgan fingerprint density at radius 3 is 2.29 bits per heavy atom. The van der Waals surface area contributed by atoms with Crippen LogP contribution in [0.3, 0.4) is 0 Å². The normalized spacial score (nSPS) is 18.1. The van der Waals surface area contributed by atoms with E-state index in [0.29, 0.717) is 10.9 Å². The van der Waals surface area contributed by atoms with Crippen LogP contribution in [0, 0.1) is 0 Å². The van der Waals surface area contributed by atoms with Crippen LogP contribution in [0.1, 0.15) is 30.5 Å². The number of alkyl halides is 3. The Bertz CT molecular complexity index is 1070. The minimum absolute atomic E-state index is 0.0455. The second-order valence-corrected chi connectivity index (χ2v) is 8.28. The first-order valence-electron chi connectivity index (χ1n) is 9.95. The molecule has 7 heteroatoms. The Balaban J connectivity index is 1.69. The van der Waals surface area contributed by atoms with E-state index in [1.165, 1.54) is 12.1 Å². The summed E-state index contributed by atoms with van der Waals surface area (Å²) < 4.78 is 58.8. The van der Waals surface area contributed by atoms with Crippen LogP contribution in [0.4, 0.5) is 13.2 Å². The molecule has 3 aromatic rings. The summed E-state index contributed by atoms with van der Waals surface area (Å²) >= 11 is 0. The van der Waals surface area contributed by atoms with Crippen molar-refractivity contribution in [2.75, 3.05) is 13.2 Å². The van der Waals surface area contributed by atoms with Crippen LogP contribution in [0.25, 0.3) is 10.8 Å². The fourth-order valence-corrected chi connectivity index (χ4v) is 3.62. The standard InChI is InChI=1S/C24H24F3NO3/c1-22(2)30-14-23(28,15-31-22)18-9-10-19-17(12-18)8-11-20(21(19)24(25,26)27)29-13-16-6-4-3-5-7-16/h3-12H,13-15,28H2,1-2H3. The first kappa shape index (κ1) is 21.6. The molecule has 164 valence electrons. The molecule has 0 aliphatic carbocycles. The van der Waals surface area contributed by atoms with E-state index in [1.807, 2.05) is 18.2 Å². The summed E-state index contributed by atoms with van der Waals surface area (Å²) in [5, 5.41) is 0.481. The Kier molecular flexibility index (Phi) is 5.45. The fraction of sp³-hybridized carbons (Fsp3) is 0.333. The highest BCUT2D eigenvalue weighted by Crippen LogP contribution is 2.42. The van der Waals surface area contributed by atoms with Gasteiger partial charge in [-0.2, -0.15) is 13.2 Å². The fourth-order valence-electron chi connectivity index (χ4n) is 3.62. The lowest BCUT2D eigenvalue weighted by atomic mass is 9.89. The molecule has 1 saturated heterocycles. The molecule has 31 heavy (non-hydrogen) atoms. The molecule has 1 heterocycles. The highest BCUT2D eigenvalue weighted by molar-refractivity contribution is 5.89. The predicted molar refractivity (Wildman–Crippen MR) is 112 cm³/mol. The average molecular weight is 431 g/mol. The highest BCUT2D eigenvalue weighted by Gasteiger charge is 2.40. The summed E-state index contributed by atoms with van der Waals surface area (Å²) in [4.78, 5) is 0. The lowest BCUT2D eigenvalue weighted by Crippen LogP contribution is -2.54. The van der Waals surface area contributed by atoms with Crippen LogP contribution in [-0.2, 0) is 27.8 Å². The highest BCUT2D eigenvalue weighted by atomic mass is 19.4. The third-order valence-electron chi connectivity index (χ3n) is 5.43. The van der Waals surface area contributed by atoms with Crippen LogP contribution < -0.4 is 10.5 Å². The maximum absolute atomic E-state index is 14.0. The molecule has 1 aliphatic heterocycles. The zero-order valence-corrected chi connectivity index (χ0v) is 17.3. The molecular weight excluding hydrogens is 407 g/mol. The number of hydrogen-bond acceptors (Lipinski definition) is 4. The van der Waals surface area contributed by atoms with E-state index >= 15 is 0 Å². The molecule has 4 rings (SSSR count). The van der Waals surface area contributed by atoms with Crippen molar-refractivity contribution in [1.82, 2.24) is 0 Å². The predicted octanol–water partition coefficient (Wildman–Crippen LogP) is 5.37. The molecule has 0 aromatic heterocycles. The summed E-state index contributed by atoms with van der Waals surface area (Å²) in [5.74, 6) is -0.945. The molecule has 0 radical (unpaired) electrons. The molecule has 0 spiro atoms. The zero-order chi connectivity index (χ0) is 22.3. The Morgan fingerprint density at radius 2 is 1.65 bits per heavy atom. The van der Waals surface area contributed by atoms with Gasteiger partial charge in [0.15, 0.2) is 5.79 Å². The number of nitrogens with two attached hydrogens (primary N) is 1.